The summed E-state index contributed by atoms with van der Waals surface area (Å²) in [5.41, 5.74) is 20.4. The van der Waals surface area contributed by atoms with Crippen LogP contribution in [0.1, 0.15) is 58.2 Å². The molecule has 2 aliphatic heterocycles. The number of para-hydroxylation sites is 5. The summed E-state index contributed by atoms with van der Waals surface area (Å²) in [5, 5.41) is 9.08. The van der Waals surface area contributed by atoms with Gasteiger partial charge in [0.1, 0.15) is 0 Å². The van der Waals surface area contributed by atoms with E-state index in [9.17, 15) is 0 Å². The number of rotatable bonds is 4. The molecule has 0 N–H and O–H groups in total. The first kappa shape index (κ1) is 41.0. The summed E-state index contributed by atoms with van der Waals surface area (Å²) in [7, 11) is 0. The monoisotopic (exact) mass is 930 g/mol. The minimum Gasteiger partial charge on any atom is -0.336 e. The van der Waals surface area contributed by atoms with Crippen LogP contribution in [0.3, 0.4) is 0 Å². The average Bonchev–Trinajstić information content (AvgIpc) is 4.12. The van der Waals surface area contributed by atoms with Gasteiger partial charge in [-0.15, -0.1) is 11.3 Å². The zero-order valence-corrected chi connectivity index (χ0v) is 41.7. The van der Waals surface area contributed by atoms with E-state index in [4.69, 9.17) is 0 Å². The third-order valence-corrected chi connectivity index (χ3v) is 17.2. The van der Waals surface area contributed by atoms with E-state index in [0.29, 0.717) is 0 Å². The average molecular weight is 931 g/mol. The third kappa shape index (κ3) is 5.68. The molecule has 0 amide bonds. The van der Waals surface area contributed by atoms with E-state index in [2.05, 4.69) is 248 Å². The Kier molecular flexibility index (Phi) is 8.32. The van der Waals surface area contributed by atoms with Crippen LogP contribution in [-0.4, -0.2) is 20.4 Å². The Balaban J connectivity index is 1.13. The van der Waals surface area contributed by atoms with E-state index >= 15 is 0 Å². The maximum absolute atomic E-state index is 2.67. The fourth-order valence-corrected chi connectivity index (χ4v) is 14.0. The zero-order chi connectivity index (χ0) is 47.7. The molecule has 4 nitrogen and oxygen atoms in total. The number of aromatic nitrogens is 3. The topological polar surface area (TPSA) is 18.0 Å². The van der Waals surface area contributed by atoms with E-state index in [1.165, 1.54) is 136 Å². The number of nitrogens with zero attached hydrogens (tertiary/aromatic N) is 4. The first-order valence-corrected chi connectivity index (χ1v) is 26.0. The van der Waals surface area contributed by atoms with Gasteiger partial charge in [0, 0.05) is 87.5 Å². The molecule has 13 aromatic rings. The molecule has 0 atom stereocenters. The van der Waals surface area contributed by atoms with Crippen molar-refractivity contribution < 1.29 is 0 Å². The molecular formula is C65H51BN4S. The van der Waals surface area contributed by atoms with Crippen molar-refractivity contribution in [1.82, 2.24) is 13.7 Å². The molecule has 71 heavy (non-hydrogen) atoms. The predicted molar refractivity (Wildman–Crippen MR) is 306 cm³/mol. The highest BCUT2D eigenvalue weighted by Crippen LogP contribution is 2.49. The maximum atomic E-state index is 2.67. The molecule has 0 saturated carbocycles. The van der Waals surface area contributed by atoms with E-state index in [1.54, 1.807) is 0 Å². The molecule has 0 fully saturated rings. The van der Waals surface area contributed by atoms with Crippen LogP contribution in [0, 0.1) is 0 Å². The molecule has 0 radical (unpaired) electrons. The van der Waals surface area contributed by atoms with E-state index in [-0.39, 0.29) is 17.5 Å². The lowest BCUT2D eigenvalue weighted by Gasteiger charge is -2.40. The second-order valence-corrected chi connectivity index (χ2v) is 23.2. The minimum absolute atomic E-state index is 0.0175. The van der Waals surface area contributed by atoms with Gasteiger partial charge in [-0.05, 0) is 117 Å². The number of hydrogen-bond donors (Lipinski definition) is 0. The van der Waals surface area contributed by atoms with Crippen LogP contribution in [0.2, 0.25) is 0 Å². The van der Waals surface area contributed by atoms with Gasteiger partial charge in [0.25, 0.3) is 6.71 Å². The SMILES string of the molecule is CC(C)(C)c1ccc(N2c3cc(Cn4c5ccccc5c5ccccc54)cc4c3B(c3sc5ccc(C(C)(C)C)cc5c32)c2c3c5ccccc5n(-c5ccccc5)c3cc3c5ccccc5n-4c23)cc1. The van der Waals surface area contributed by atoms with Crippen LogP contribution in [0.15, 0.2) is 188 Å². The lowest BCUT2D eigenvalue weighted by molar-refractivity contribution is 0.590. The van der Waals surface area contributed by atoms with Crippen molar-refractivity contribution in [3.63, 3.8) is 0 Å². The molecule has 6 heterocycles. The Morgan fingerprint density at radius 2 is 1.00 bits per heavy atom. The Morgan fingerprint density at radius 1 is 0.437 bits per heavy atom. The number of anilines is 3. The fraction of sp³-hybridized carbons (Fsp3) is 0.138. The van der Waals surface area contributed by atoms with Crippen molar-refractivity contribution in [2.45, 2.75) is 58.9 Å². The van der Waals surface area contributed by atoms with Gasteiger partial charge in [-0.1, -0.05) is 151 Å². The second-order valence-electron chi connectivity index (χ2n) is 22.1. The lowest BCUT2D eigenvalue weighted by Crippen LogP contribution is -2.59. The van der Waals surface area contributed by atoms with Crippen LogP contribution in [0.25, 0.3) is 86.9 Å². The Morgan fingerprint density at radius 3 is 1.66 bits per heavy atom. The Labute approximate surface area is 417 Å². The summed E-state index contributed by atoms with van der Waals surface area (Å²) >= 11 is 2.00. The van der Waals surface area contributed by atoms with Crippen molar-refractivity contribution in [2.24, 2.45) is 0 Å². The third-order valence-electron chi connectivity index (χ3n) is 16.0. The minimum atomic E-state index is -0.0454. The van der Waals surface area contributed by atoms with Crippen molar-refractivity contribution in [3.05, 3.63) is 205 Å². The molecule has 2 aliphatic rings. The van der Waals surface area contributed by atoms with Gasteiger partial charge in [-0.2, -0.15) is 0 Å². The van der Waals surface area contributed by atoms with Crippen LogP contribution in [0.4, 0.5) is 17.1 Å². The highest BCUT2D eigenvalue weighted by molar-refractivity contribution is 7.34. The Hall–Kier alpha value is -7.80. The number of benzene rings is 9. The highest BCUT2D eigenvalue weighted by atomic mass is 32.1. The molecule has 9 aromatic carbocycles. The van der Waals surface area contributed by atoms with E-state index in [0.717, 1.165) is 6.54 Å². The van der Waals surface area contributed by atoms with Gasteiger partial charge in [0.15, 0.2) is 0 Å². The van der Waals surface area contributed by atoms with Crippen molar-refractivity contribution in [3.8, 4) is 11.4 Å². The van der Waals surface area contributed by atoms with Crippen molar-refractivity contribution in [2.75, 3.05) is 4.90 Å². The quantitative estimate of drug-likeness (QED) is 0.161. The number of thiophene rings is 1. The summed E-state index contributed by atoms with van der Waals surface area (Å²) in [6.45, 7) is 14.7. The van der Waals surface area contributed by atoms with Gasteiger partial charge in [-0.3, -0.25) is 0 Å². The molecule has 15 rings (SSSR count). The van der Waals surface area contributed by atoms with Crippen LogP contribution in [0.5, 0.6) is 0 Å². The van der Waals surface area contributed by atoms with Crippen LogP contribution in [-0.2, 0) is 17.4 Å². The molecule has 0 saturated heterocycles. The first-order chi connectivity index (χ1) is 34.5. The number of fused-ring (bicyclic) bond motifs is 16. The molecule has 0 spiro atoms. The second kappa shape index (κ2) is 14.4. The summed E-state index contributed by atoms with van der Waals surface area (Å²) in [4.78, 5) is 2.67. The van der Waals surface area contributed by atoms with Gasteiger partial charge >= 0.3 is 0 Å². The largest absolute Gasteiger partial charge is 0.336 e. The summed E-state index contributed by atoms with van der Waals surface area (Å²) in [6, 6.07) is 71.6. The zero-order valence-electron chi connectivity index (χ0n) is 40.9. The molecule has 0 unspecified atom stereocenters. The summed E-state index contributed by atoms with van der Waals surface area (Å²) < 4.78 is 10.4. The van der Waals surface area contributed by atoms with Gasteiger partial charge in [0.2, 0.25) is 0 Å². The Bertz CT molecular complexity index is 4340. The summed E-state index contributed by atoms with van der Waals surface area (Å²) in [5.74, 6) is 0. The molecule has 0 aliphatic carbocycles. The van der Waals surface area contributed by atoms with Gasteiger partial charge in [-0.25, -0.2) is 0 Å². The van der Waals surface area contributed by atoms with Gasteiger partial charge in [0.05, 0.1) is 27.8 Å². The fourth-order valence-electron chi connectivity index (χ4n) is 12.7. The molecular weight excluding hydrogens is 880 g/mol. The molecule has 0 bridgehead atoms. The molecule has 6 heteroatoms. The van der Waals surface area contributed by atoms with Crippen molar-refractivity contribution >= 4 is 126 Å². The van der Waals surface area contributed by atoms with Crippen molar-refractivity contribution in [1.29, 1.82) is 0 Å². The maximum Gasteiger partial charge on any atom is 0.265 e. The summed E-state index contributed by atoms with van der Waals surface area (Å²) in [6.07, 6.45) is 0. The predicted octanol–water partition coefficient (Wildman–Crippen LogP) is 15.5. The molecule has 4 aromatic heterocycles. The normalized spacial score (nSPS) is 13.5. The van der Waals surface area contributed by atoms with Crippen LogP contribution < -0.4 is 20.6 Å². The van der Waals surface area contributed by atoms with E-state index < -0.39 is 0 Å². The highest BCUT2D eigenvalue weighted by Gasteiger charge is 2.46. The van der Waals surface area contributed by atoms with Crippen LogP contribution >= 0.6 is 11.3 Å². The van der Waals surface area contributed by atoms with Gasteiger partial charge < -0.3 is 18.6 Å². The first-order valence-electron chi connectivity index (χ1n) is 25.2. The molecule has 340 valence electrons. The standard InChI is InChI=1S/C65H51BN4S/c1-64(2,3)40-28-31-43(32-29-40)69-55-34-39(38-67-50-24-14-10-20-44(50)45-21-11-15-25-51(45)67)35-56-59(55)66(63-62(69)49-36-41(65(4,5)6)30-33-57(49)71-63)60-58-47-23-13-17-27-53(47)68(42-18-8-7-9-19-42)54(58)37-48-46-22-12-16-26-52(46)70(56)61(48)60/h7-37H,38H2,1-6H3. The smallest absolute Gasteiger partial charge is 0.265 e. The van der Waals surface area contributed by atoms with E-state index in [1.807, 2.05) is 11.3 Å². The number of hydrogen-bond acceptors (Lipinski definition) is 2. The lowest BCUT2D eigenvalue weighted by atomic mass is 9.36.